The van der Waals surface area contributed by atoms with Crippen molar-refractivity contribution in [3.05, 3.63) is 66.6 Å². The van der Waals surface area contributed by atoms with E-state index in [2.05, 4.69) is 21.6 Å². The molecule has 0 bridgehead atoms. The Morgan fingerprint density at radius 3 is 2.50 bits per heavy atom. The van der Waals surface area contributed by atoms with Gasteiger partial charge in [0, 0.05) is 24.2 Å². The Morgan fingerprint density at radius 2 is 1.83 bits per heavy atom. The molecular formula is C20H26N4. The third kappa shape index (κ3) is 4.38. The van der Waals surface area contributed by atoms with Gasteiger partial charge in [-0.25, -0.2) is 9.50 Å². The highest BCUT2D eigenvalue weighted by Gasteiger charge is 2.11. The highest BCUT2D eigenvalue weighted by Crippen LogP contribution is 2.24. The summed E-state index contributed by atoms with van der Waals surface area (Å²) in [7, 11) is 0. The molecule has 0 fully saturated rings. The van der Waals surface area contributed by atoms with Gasteiger partial charge in [0.05, 0.1) is 0 Å². The van der Waals surface area contributed by atoms with Crippen LogP contribution in [0, 0.1) is 6.92 Å². The number of pyridine rings is 2. The Kier molecular flexibility index (Phi) is 8.13. The van der Waals surface area contributed by atoms with Gasteiger partial charge in [-0.2, -0.15) is 0 Å². The van der Waals surface area contributed by atoms with E-state index in [0.717, 1.165) is 22.3 Å². The molecule has 0 aliphatic rings. The van der Waals surface area contributed by atoms with E-state index in [0.29, 0.717) is 5.82 Å². The van der Waals surface area contributed by atoms with E-state index in [9.17, 15) is 0 Å². The minimum absolute atomic E-state index is 0.677. The van der Waals surface area contributed by atoms with Gasteiger partial charge in [0.2, 0.25) is 0 Å². The molecule has 3 aromatic rings. The first-order valence-corrected chi connectivity index (χ1v) is 8.35. The van der Waals surface area contributed by atoms with Crippen molar-refractivity contribution >= 4 is 11.7 Å². The topological polar surface area (TPSA) is 43.1 Å². The zero-order chi connectivity index (χ0) is 17.9. The number of rotatable bonds is 3. The molecule has 0 spiro atoms. The van der Waals surface area contributed by atoms with E-state index in [1.165, 1.54) is 0 Å². The summed E-state index contributed by atoms with van der Waals surface area (Å²) < 4.78 is 1.76. The van der Waals surface area contributed by atoms with Crippen LogP contribution < -0.4 is 0 Å². The lowest BCUT2D eigenvalue weighted by atomic mass is 10.0. The second-order valence-corrected chi connectivity index (χ2v) is 4.45. The number of hydrogen-bond donors (Lipinski definition) is 0. The molecule has 126 valence electrons. The lowest BCUT2D eigenvalue weighted by molar-refractivity contribution is 0.964. The third-order valence-electron chi connectivity index (χ3n) is 3.07. The second-order valence-electron chi connectivity index (χ2n) is 4.45. The molecule has 0 aliphatic heterocycles. The molecule has 0 saturated heterocycles. The molecule has 0 radical (unpaired) electrons. The molecule has 4 nitrogen and oxygen atoms in total. The molecule has 0 aliphatic carbocycles. The first kappa shape index (κ1) is 19.3. The first-order valence-electron chi connectivity index (χ1n) is 8.35. The van der Waals surface area contributed by atoms with Crippen LogP contribution in [0.25, 0.3) is 23.1 Å². The molecule has 3 rings (SSSR count). The monoisotopic (exact) mass is 322 g/mol. The van der Waals surface area contributed by atoms with Crippen molar-refractivity contribution in [3.8, 4) is 11.4 Å². The highest BCUT2D eigenvalue weighted by atomic mass is 15.3. The highest BCUT2D eigenvalue weighted by molar-refractivity contribution is 5.73. The number of aryl methyl sites for hydroxylation is 1. The van der Waals surface area contributed by atoms with E-state index < -0.39 is 0 Å². The van der Waals surface area contributed by atoms with Crippen LogP contribution >= 0.6 is 0 Å². The maximum Gasteiger partial charge on any atom is 0.184 e. The van der Waals surface area contributed by atoms with Gasteiger partial charge in [-0.3, -0.25) is 4.98 Å². The summed E-state index contributed by atoms with van der Waals surface area (Å²) in [6.45, 7) is 13.7. The molecule has 0 saturated carbocycles. The summed E-state index contributed by atoms with van der Waals surface area (Å²) in [5.74, 6) is 0.677. The van der Waals surface area contributed by atoms with Crippen LogP contribution in [0.1, 0.15) is 38.8 Å². The molecule has 0 N–H and O–H groups in total. The van der Waals surface area contributed by atoms with Gasteiger partial charge < -0.3 is 0 Å². The predicted octanol–water partition coefficient (Wildman–Crippen LogP) is 5.35. The lowest BCUT2D eigenvalue weighted by Gasteiger charge is -2.04. The van der Waals surface area contributed by atoms with E-state index in [-0.39, 0.29) is 0 Å². The number of allylic oxidation sites excluding steroid dienone is 2. The fourth-order valence-electron chi connectivity index (χ4n) is 2.08. The van der Waals surface area contributed by atoms with E-state index in [1.54, 1.807) is 16.8 Å². The molecule has 0 unspecified atom stereocenters. The van der Waals surface area contributed by atoms with Crippen LogP contribution in [0.4, 0.5) is 0 Å². The minimum atomic E-state index is 0.677. The van der Waals surface area contributed by atoms with Crippen molar-refractivity contribution < 1.29 is 0 Å². The fourth-order valence-corrected chi connectivity index (χ4v) is 2.08. The van der Waals surface area contributed by atoms with Crippen molar-refractivity contribution in [1.82, 2.24) is 19.6 Å². The summed E-state index contributed by atoms with van der Waals surface area (Å²) in [5, 5.41) is 4.50. The van der Waals surface area contributed by atoms with Crippen LogP contribution in [0.2, 0.25) is 0 Å². The van der Waals surface area contributed by atoms with Crippen LogP contribution in [-0.2, 0) is 0 Å². The average Bonchev–Trinajstić information content (AvgIpc) is 3.08. The largest absolute Gasteiger partial charge is 0.264 e. The standard InChI is InChI=1S/C16H14N4.2C2H6/c1-3-4-7-13-12(2)10-17-11-14(13)16-18-15-8-5-6-9-20(15)19-16;2*1-2/h3-11H,1H2,2H3;2*1-2H3/b7-4-;;. The van der Waals surface area contributed by atoms with Gasteiger partial charge >= 0.3 is 0 Å². The van der Waals surface area contributed by atoms with Crippen molar-refractivity contribution in [3.63, 3.8) is 0 Å². The summed E-state index contributed by atoms with van der Waals surface area (Å²) in [6, 6.07) is 5.80. The summed E-state index contributed by atoms with van der Waals surface area (Å²) in [4.78, 5) is 8.80. The Bertz CT molecular complexity index is 767. The Balaban J connectivity index is 0.000000671. The van der Waals surface area contributed by atoms with Gasteiger partial charge in [0.15, 0.2) is 11.5 Å². The zero-order valence-corrected chi connectivity index (χ0v) is 15.2. The van der Waals surface area contributed by atoms with Crippen LogP contribution in [0.5, 0.6) is 0 Å². The zero-order valence-electron chi connectivity index (χ0n) is 15.2. The number of nitrogens with zero attached hydrogens (tertiary/aromatic N) is 4. The quantitative estimate of drug-likeness (QED) is 0.610. The summed E-state index contributed by atoms with van der Waals surface area (Å²) in [5.41, 5.74) is 3.89. The Labute approximate surface area is 144 Å². The third-order valence-corrected chi connectivity index (χ3v) is 3.07. The summed E-state index contributed by atoms with van der Waals surface area (Å²) >= 11 is 0. The van der Waals surface area contributed by atoms with Crippen LogP contribution in [0.3, 0.4) is 0 Å². The van der Waals surface area contributed by atoms with E-state index >= 15 is 0 Å². The van der Waals surface area contributed by atoms with Crippen molar-refractivity contribution in [1.29, 1.82) is 0 Å². The van der Waals surface area contributed by atoms with Crippen molar-refractivity contribution in [2.45, 2.75) is 34.6 Å². The molecule has 3 aromatic heterocycles. The molecule has 0 amide bonds. The maximum absolute atomic E-state index is 4.54. The van der Waals surface area contributed by atoms with Gasteiger partial charge in [0.25, 0.3) is 0 Å². The molecule has 4 heteroatoms. The van der Waals surface area contributed by atoms with Gasteiger partial charge in [0.1, 0.15) is 0 Å². The summed E-state index contributed by atoms with van der Waals surface area (Å²) in [6.07, 6.45) is 11.2. The van der Waals surface area contributed by atoms with Gasteiger partial charge in [-0.1, -0.05) is 58.6 Å². The number of hydrogen-bond acceptors (Lipinski definition) is 3. The van der Waals surface area contributed by atoms with Crippen LogP contribution in [0.15, 0.2) is 55.5 Å². The first-order chi connectivity index (χ1) is 11.8. The molecule has 0 atom stereocenters. The Hall–Kier alpha value is -2.75. The SMILES string of the molecule is C=C/C=C\c1c(C)cncc1-c1nc2ccccn2n1.CC.CC. The van der Waals surface area contributed by atoms with Crippen molar-refractivity contribution in [2.24, 2.45) is 0 Å². The van der Waals surface area contributed by atoms with Crippen LogP contribution in [-0.4, -0.2) is 19.6 Å². The fraction of sp³-hybridized carbons (Fsp3) is 0.250. The van der Waals surface area contributed by atoms with Gasteiger partial charge in [-0.15, -0.1) is 5.10 Å². The Morgan fingerprint density at radius 1 is 1.08 bits per heavy atom. The number of aromatic nitrogens is 4. The number of fused-ring (bicyclic) bond motifs is 1. The predicted molar refractivity (Wildman–Crippen MR) is 103 cm³/mol. The lowest BCUT2D eigenvalue weighted by Crippen LogP contribution is -1.92. The second kappa shape index (κ2) is 10.1. The van der Waals surface area contributed by atoms with E-state index in [4.69, 9.17) is 0 Å². The smallest absolute Gasteiger partial charge is 0.184 e. The van der Waals surface area contributed by atoms with Crippen molar-refractivity contribution in [2.75, 3.05) is 0 Å². The normalized spacial score (nSPS) is 9.88. The molecule has 0 aromatic carbocycles. The van der Waals surface area contributed by atoms with Gasteiger partial charge in [-0.05, 0) is 30.2 Å². The average molecular weight is 322 g/mol. The van der Waals surface area contributed by atoms with E-state index in [1.807, 2.05) is 77.4 Å². The molecular weight excluding hydrogens is 296 g/mol. The maximum atomic E-state index is 4.54. The molecule has 3 heterocycles. The minimum Gasteiger partial charge on any atom is -0.264 e. The molecule has 24 heavy (non-hydrogen) atoms.